The summed E-state index contributed by atoms with van der Waals surface area (Å²) in [5.41, 5.74) is 0. The van der Waals surface area contributed by atoms with Gasteiger partial charge in [0.05, 0.1) is 4.47 Å². The van der Waals surface area contributed by atoms with Crippen LogP contribution in [-0.2, 0) is 0 Å². The Morgan fingerprint density at radius 3 is 3.00 bits per heavy atom. The molecule has 0 saturated carbocycles. The predicted octanol–water partition coefficient (Wildman–Crippen LogP) is 2.77. The number of rotatable bonds is 2. The molecule has 1 aliphatic rings. The second-order valence-corrected chi connectivity index (χ2v) is 5.44. The molecule has 1 saturated heterocycles. The van der Waals surface area contributed by atoms with E-state index in [2.05, 4.69) is 47.5 Å². The summed E-state index contributed by atoms with van der Waals surface area (Å²) >= 11 is 6.89. The van der Waals surface area contributed by atoms with Crippen molar-refractivity contribution in [3.63, 3.8) is 0 Å². The number of halogens is 2. The van der Waals surface area contributed by atoms with Gasteiger partial charge < -0.3 is 10.6 Å². The highest BCUT2D eigenvalue weighted by Crippen LogP contribution is 2.24. The lowest BCUT2D eigenvalue weighted by Gasteiger charge is -2.24. The third-order valence-electron chi connectivity index (χ3n) is 2.45. The maximum absolute atomic E-state index is 4.34. The molecule has 15 heavy (non-hydrogen) atoms. The average Bonchev–Trinajstić information content (AvgIpc) is 2.24. The molecule has 0 spiro atoms. The summed E-state index contributed by atoms with van der Waals surface area (Å²) in [5, 5.41) is 6.81. The molecule has 0 amide bonds. The number of nitrogens with zero attached hydrogens (tertiary/aromatic N) is 1. The minimum atomic E-state index is 0.490. The molecule has 0 radical (unpaired) electrons. The highest BCUT2D eigenvalue weighted by molar-refractivity contribution is 9.11. The first kappa shape index (κ1) is 11.4. The molecule has 82 valence electrons. The molecule has 1 unspecified atom stereocenters. The van der Waals surface area contributed by atoms with Gasteiger partial charge in [0.25, 0.3) is 0 Å². The van der Waals surface area contributed by atoms with Crippen LogP contribution in [0.5, 0.6) is 0 Å². The van der Waals surface area contributed by atoms with Crippen LogP contribution >= 0.6 is 31.9 Å². The van der Waals surface area contributed by atoms with E-state index in [0.29, 0.717) is 6.04 Å². The van der Waals surface area contributed by atoms with Crippen molar-refractivity contribution in [2.45, 2.75) is 18.9 Å². The number of nitrogens with one attached hydrogen (secondary N) is 2. The molecule has 2 N–H and O–H groups in total. The number of anilines is 1. The van der Waals surface area contributed by atoms with Crippen LogP contribution in [-0.4, -0.2) is 24.1 Å². The van der Waals surface area contributed by atoms with Gasteiger partial charge in [0.2, 0.25) is 0 Å². The van der Waals surface area contributed by atoms with E-state index in [1.165, 1.54) is 12.8 Å². The van der Waals surface area contributed by atoms with Crippen molar-refractivity contribution in [3.8, 4) is 0 Å². The largest absolute Gasteiger partial charge is 0.365 e. The van der Waals surface area contributed by atoms with Crippen LogP contribution in [0.4, 0.5) is 5.82 Å². The smallest absolute Gasteiger partial charge is 0.140 e. The quantitative estimate of drug-likeness (QED) is 0.873. The highest BCUT2D eigenvalue weighted by Gasteiger charge is 2.14. The lowest BCUT2D eigenvalue weighted by molar-refractivity contribution is 0.479. The van der Waals surface area contributed by atoms with Gasteiger partial charge in [-0.1, -0.05) is 0 Å². The number of pyridine rings is 1. The van der Waals surface area contributed by atoms with E-state index in [1.54, 1.807) is 0 Å². The molecule has 1 atom stereocenters. The van der Waals surface area contributed by atoms with Crippen molar-refractivity contribution in [3.05, 3.63) is 21.2 Å². The van der Waals surface area contributed by atoms with Crippen LogP contribution in [0.2, 0.25) is 0 Å². The van der Waals surface area contributed by atoms with Gasteiger partial charge in [-0.2, -0.15) is 0 Å². The first-order valence-electron chi connectivity index (χ1n) is 5.04. The molecule has 5 heteroatoms. The van der Waals surface area contributed by atoms with Gasteiger partial charge in [-0.15, -0.1) is 0 Å². The van der Waals surface area contributed by atoms with Crippen LogP contribution in [0.3, 0.4) is 0 Å². The number of aromatic nitrogens is 1. The molecule has 1 aromatic rings. The van der Waals surface area contributed by atoms with Crippen molar-refractivity contribution >= 4 is 37.7 Å². The molecule has 1 aromatic heterocycles. The fraction of sp³-hybridized carbons (Fsp3) is 0.500. The minimum Gasteiger partial charge on any atom is -0.365 e. The van der Waals surface area contributed by atoms with Crippen molar-refractivity contribution in [2.75, 3.05) is 18.4 Å². The summed E-state index contributed by atoms with van der Waals surface area (Å²) < 4.78 is 1.99. The van der Waals surface area contributed by atoms with Crippen molar-refractivity contribution in [2.24, 2.45) is 0 Å². The molecule has 0 aromatic carbocycles. The minimum absolute atomic E-state index is 0.490. The molecular weight excluding hydrogens is 322 g/mol. The SMILES string of the molecule is Brc1cnc(NC2CCCNC2)c(Br)c1. The summed E-state index contributed by atoms with van der Waals surface area (Å²) in [5.74, 6) is 0.923. The maximum atomic E-state index is 4.34. The monoisotopic (exact) mass is 333 g/mol. The standard InChI is InChI=1S/C10H13Br2N3/c11-7-4-9(12)10(14-5-7)15-8-2-1-3-13-6-8/h4-5,8,13H,1-3,6H2,(H,14,15). The van der Waals surface area contributed by atoms with Crippen molar-refractivity contribution in [1.29, 1.82) is 0 Å². The van der Waals surface area contributed by atoms with Crippen LogP contribution in [0.1, 0.15) is 12.8 Å². The second-order valence-electron chi connectivity index (χ2n) is 3.67. The lowest BCUT2D eigenvalue weighted by Crippen LogP contribution is -2.38. The number of piperidine rings is 1. The van der Waals surface area contributed by atoms with E-state index in [4.69, 9.17) is 0 Å². The molecule has 0 bridgehead atoms. The maximum Gasteiger partial charge on any atom is 0.140 e. The first-order chi connectivity index (χ1) is 7.25. The Morgan fingerprint density at radius 2 is 2.33 bits per heavy atom. The lowest BCUT2D eigenvalue weighted by atomic mass is 10.1. The van der Waals surface area contributed by atoms with E-state index < -0.39 is 0 Å². The molecule has 1 fully saturated rings. The summed E-state index contributed by atoms with van der Waals surface area (Å²) in [7, 11) is 0. The molecule has 3 nitrogen and oxygen atoms in total. The Balaban J connectivity index is 2.03. The summed E-state index contributed by atoms with van der Waals surface area (Å²) in [6.45, 7) is 2.15. The topological polar surface area (TPSA) is 37.0 Å². The summed E-state index contributed by atoms with van der Waals surface area (Å²) in [6, 6.07) is 2.50. The third-order valence-corrected chi connectivity index (χ3v) is 3.48. The third kappa shape index (κ3) is 3.16. The highest BCUT2D eigenvalue weighted by atomic mass is 79.9. The Bertz CT molecular complexity index is 337. The van der Waals surface area contributed by atoms with E-state index >= 15 is 0 Å². The number of hydrogen-bond donors (Lipinski definition) is 2. The molecular formula is C10H13Br2N3. The van der Waals surface area contributed by atoms with Gasteiger partial charge >= 0.3 is 0 Å². The summed E-state index contributed by atoms with van der Waals surface area (Å²) in [6.07, 6.45) is 4.24. The number of hydrogen-bond acceptors (Lipinski definition) is 3. The van der Waals surface area contributed by atoms with Gasteiger partial charge in [0.1, 0.15) is 5.82 Å². The molecule has 0 aliphatic carbocycles. The predicted molar refractivity (Wildman–Crippen MR) is 69.2 cm³/mol. The average molecular weight is 335 g/mol. The second kappa shape index (κ2) is 5.27. The normalized spacial score (nSPS) is 21.3. The van der Waals surface area contributed by atoms with Crippen molar-refractivity contribution < 1.29 is 0 Å². The van der Waals surface area contributed by atoms with Gasteiger partial charge in [-0.25, -0.2) is 4.98 Å². The Labute approximate surface area is 106 Å². The molecule has 1 aliphatic heterocycles. The van der Waals surface area contributed by atoms with E-state index in [9.17, 15) is 0 Å². The van der Waals surface area contributed by atoms with Crippen LogP contribution < -0.4 is 10.6 Å². The zero-order valence-electron chi connectivity index (χ0n) is 8.26. The van der Waals surface area contributed by atoms with Gasteiger partial charge in [0, 0.05) is 23.3 Å². The van der Waals surface area contributed by atoms with E-state index in [1.807, 2.05) is 12.3 Å². The zero-order valence-corrected chi connectivity index (χ0v) is 11.4. The van der Waals surface area contributed by atoms with Crippen molar-refractivity contribution in [1.82, 2.24) is 10.3 Å². The molecule has 2 rings (SSSR count). The fourth-order valence-corrected chi connectivity index (χ4v) is 2.79. The van der Waals surface area contributed by atoms with Gasteiger partial charge in [0.15, 0.2) is 0 Å². The molecule has 2 heterocycles. The Hall–Kier alpha value is -0.130. The van der Waals surface area contributed by atoms with Gasteiger partial charge in [-0.3, -0.25) is 0 Å². The Morgan fingerprint density at radius 1 is 1.47 bits per heavy atom. The fourth-order valence-electron chi connectivity index (χ4n) is 1.69. The first-order valence-corrected chi connectivity index (χ1v) is 6.62. The van der Waals surface area contributed by atoms with Crippen LogP contribution in [0.15, 0.2) is 21.2 Å². The van der Waals surface area contributed by atoms with E-state index in [0.717, 1.165) is 27.9 Å². The van der Waals surface area contributed by atoms with E-state index in [-0.39, 0.29) is 0 Å². The Kier molecular flexibility index (Phi) is 3.99. The zero-order chi connectivity index (χ0) is 10.7. The van der Waals surface area contributed by atoms with Crippen LogP contribution in [0, 0.1) is 0 Å². The van der Waals surface area contributed by atoms with Crippen LogP contribution in [0.25, 0.3) is 0 Å². The summed E-state index contributed by atoms with van der Waals surface area (Å²) in [4.78, 5) is 4.34. The van der Waals surface area contributed by atoms with Gasteiger partial charge in [-0.05, 0) is 57.3 Å².